The molecule has 0 bridgehead atoms. The summed E-state index contributed by atoms with van der Waals surface area (Å²) in [5.41, 5.74) is 0.535. The minimum absolute atomic E-state index is 0.113. The van der Waals surface area contributed by atoms with Crippen molar-refractivity contribution in [1.82, 2.24) is 0 Å². The van der Waals surface area contributed by atoms with Gasteiger partial charge in [0, 0.05) is 12.8 Å². The third-order valence-electron chi connectivity index (χ3n) is 3.19. The maximum atomic E-state index is 11.7. The lowest BCUT2D eigenvalue weighted by Gasteiger charge is -2.04. The molecule has 0 aliphatic heterocycles. The zero-order chi connectivity index (χ0) is 18.1. The fourth-order valence-corrected chi connectivity index (χ4v) is 1.95. The zero-order valence-electron chi connectivity index (χ0n) is 13.3. The first-order chi connectivity index (χ1) is 12.1. The van der Waals surface area contributed by atoms with Gasteiger partial charge in [0.15, 0.2) is 0 Å². The number of ether oxygens (including phenoxy) is 2. The second-order valence-corrected chi connectivity index (χ2v) is 5.11. The van der Waals surface area contributed by atoms with Gasteiger partial charge in [-0.25, -0.2) is 9.59 Å². The molecule has 2 aromatic rings. The van der Waals surface area contributed by atoms with E-state index in [-0.39, 0.29) is 30.4 Å². The Labute approximate surface area is 144 Å². The van der Waals surface area contributed by atoms with Crippen molar-refractivity contribution in [2.45, 2.75) is 19.3 Å². The quantitative estimate of drug-likeness (QED) is 0.593. The predicted molar refractivity (Wildman–Crippen MR) is 87.6 cm³/mol. The Balaban J connectivity index is 1.69. The van der Waals surface area contributed by atoms with Crippen LogP contribution in [0.1, 0.15) is 40.0 Å². The summed E-state index contributed by atoms with van der Waals surface area (Å²) in [7, 11) is 0. The molecule has 0 aliphatic rings. The van der Waals surface area contributed by atoms with Gasteiger partial charge in [0.25, 0.3) is 0 Å². The van der Waals surface area contributed by atoms with Crippen molar-refractivity contribution in [3.8, 4) is 0 Å². The number of esters is 4. The molecule has 0 aromatic heterocycles. The molecule has 0 N–H and O–H groups in total. The van der Waals surface area contributed by atoms with Gasteiger partial charge in [-0.15, -0.1) is 0 Å². The smallest absolute Gasteiger partial charge is 0.345 e. The lowest BCUT2D eigenvalue weighted by atomic mass is 10.2. The van der Waals surface area contributed by atoms with Gasteiger partial charge in [0.1, 0.15) is 0 Å². The van der Waals surface area contributed by atoms with Crippen LogP contribution >= 0.6 is 0 Å². The fourth-order valence-electron chi connectivity index (χ4n) is 1.95. The molecule has 6 heteroatoms. The molecule has 0 fully saturated rings. The molecule has 2 aromatic carbocycles. The van der Waals surface area contributed by atoms with Crippen molar-refractivity contribution in [3.63, 3.8) is 0 Å². The first kappa shape index (κ1) is 18.1. The average molecular weight is 340 g/mol. The van der Waals surface area contributed by atoms with Crippen LogP contribution in [0, 0.1) is 0 Å². The monoisotopic (exact) mass is 340 g/mol. The highest BCUT2D eigenvalue weighted by Gasteiger charge is 2.15. The molecule has 0 amide bonds. The van der Waals surface area contributed by atoms with E-state index in [0.29, 0.717) is 0 Å². The van der Waals surface area contributed by atoms with E-state index < -0.39 is 23.9 Å². The first-order valence-corrected chi connectivity index (χ1v) is 7.66. The van der Waals surface area contributed by atoms with Gasteiger partial charge in [0.2, 0.25) is 0 Å². The van der Waals surface area contributed by atoms with Gasteiger partial charge in [-0.3, -0.25) is 9.59 Å². The highest BCUT2D eigenvalue weighted by Crippen LogP contribution is 2.07. The molecule has 0 atom stereocenters. The minimum Gasteiger partial charge on any atom is -0.389 e. The highest BCUT2D eigenvalue weighted by molar-refractivity contribution is 5.97. The van der Waals surface area contributed by atoms with Gasteiger partial charge < -0.3 is 9.47 Å². The number of carbonyl (C=O) groups excluding carboxylic acids is 4. The minimum atomic E-state index is -0.743. The molecule has 2 rings (SSSR count). The van der Waals surface area contributed by atoms with Crippen molar-refractivity contribution >= 4 is 23.9 Å². The van der Waals surface area contributed by atoms with Crippen LogP contribution in [-0.2, 0) is 19.1 Å². The molecule has 6 nitrogen and oxygen atoms in total. The van der Waals surface area contributed by atoms with Crippen LogP contribution in [0.3, 0.4) is 0 Å². The van der Waals surface area contributed by atoms with E-state index >= 15 is 0 Å². The van der Waals surface area contributed by atoms with Gasteiger partial charge in [-0.2, -0.15) is 0 Å². The van der Waals surface area contributed by atoms with E-state index in [4.69, 9.17) is 0 Å². The predicted octanol–water partition coefficient (Wildman–Crippen LogP) is 2.92. The Hall–Kier alpha value is -3.28. The molecule has 25 heavy (non-hydrogen) atoms. The normalized spacial score (nSPS) is 9.92. The van der Waals surface area contributed by atoms with E-state index in [1.165, 1.54) is 24.3 Å². The summed E-state index contributed by atoms with van der Waals surface area (Å²) in [6, 6.07) is 16.2. The number of benzene rings is 2. The topological polar surface area (TPSA) is 86.7 Å². The fraction of sp³-hybridized carbons (Fsp3) is 0.158. The lowest BCUT2D eigenvalue weighted by molar-refractivity contribution is -0.139. The summed E-state index contributed by atoms with van der Waals surface area (Å²) < 4.78 is 9.34. The Morgan fingerprint density at radius 3 is 1.32 bits per heavy atom. The van der Waals surface area contributed by atoms with Gasteiger partial charge in [0.05, 0.1) is 11.1 Å². The summed E-state index contributed by atoms with van der Waals surface area (Å²) >= 11 is 0. The first-order valence-electron chi connectivity index (χ1n) is 7.66. The molecular weight excluding hydrogens is 324 g/mol. The largest absolute Gasteiger partial charge is 0.389 e. The van der Waals surface area contributed by atoms with Crippen molar-refractivity contribution < 1.29 is 28.7 Å². The number of carbonyl (C=O) groups is 4. The lowest BCUT2D eigenvalue weighted by Crippen LogP contribution is -2.15. The average Bonchev–Trinajstić information content (AvgIpc) is 2.63. The van der Waals surface area contributed by atoms with E-state index in [9.17, 15) is 19.2 Å². The maximum Gasteiger partial charge on any atom is 0.345 e. The molecule has 0 saturated carbocycles. The molecule has 0 radical (unpaired) electrons. The van der Waals surface area contributed by atoms with Crippen LogP contribution in [0.15, 0.2) is 60.7 Å². The molecule has 0 aliphatic carbocycles. The van der Waals surface area contributed by atoms with Crippen LogP contribution in [0.2, 0.25) is 0 Å². The van der Waals surface area contributed by atoms with Crippen LogP contribution < -0.4 is 0 Å². The van der Waals surface area contributed by atoms with Gasteiger partial charge >= 0.3 is 23.9 Å². The van der Waals surface area contributed by atoms with E-state index in [2.05, 4.69) is 9.47 Å². The summed E-state index contributed by atoms with van der Waals surface area (Å²) in [6.45, 7) is 0. The molecule has 0 spiro atoms. The molecular formula is C19H16O6. The molecule has 0 unspecified atom stereocenters. The second kappa shape index (κ2) is 9.12. The SMILES string of the molecule is O=C(CCCC(=O)OC(=O)c1ccccc1)OC(=O)c1ccccc1. The van der Waals surface area contributed by atoms with Gasteiger partial charge in [-0.05, 0) is 30.7 Å². The second-order valence-electron chi connectivity index (χ2n) is 5.11. The van der Waals surface area contributed by atoms with Gasteiger partial charge in [-0.1, -0.05) is 36.4 Å². The van der Waals surface area contributed by atoms with Crippen molar-refractivity contribution in [3.05, 3.63) is 71.8 Å². The molecule has 0 heterocycles. The summed E-state index contributed by atoms with van der Waals surface area (Å²) in [4.78, 5) is 46.5. The summed E-state index contributed by atoms with van der Waals surface area (Å²) in [6.07, 6.45) is -0.151. The summed E-state index contributed by atoms with van der Waals surface area (Å²) in [5, 5.41) is 0. The molecule has 0 saturated heterocycles. The third-order valence-corrected chi connectivity index (χ3v) is 3.19. The summed E-state index contributed by atoms with van der Waals surface area (Å²) in [5.74, 6) is -2.97. The Morgan fingerprint density at radius 2 is 0.960 bits per heavy atom. The van der Waals surface area contributed by atoms with Crippen LogP contribution in [0.25, 0.3) is 0 Å². The Kier molecular flexibility index (Phi) is 6.59. The van der Waals surface area contributed by atoms with E-state index in [1.54, 1.807) is 36.4 Å². The standard InChI is InChI=1S/C19H16O6/c20-16(24-18(22)14-8-3-1-4-9-14)12-7-13-17(21)25-19(23)15-10-5-2-6-11-15/h1-6,8-11H,7,12-13H2. The molecule has 128 valence electrons. The number of hydrogen-bond acceptors (Lipinski definition) is 6. The Bertz CT molecular complexity index is 686. The van der Waals surface area contributed by atoms with Crippen LogP contribution in [0.5, 0.6) is 0 Å². The Morgan fingerprint density at radius 1 is 0.600 bits per heavy atom. The van der Waals surface area contributed by atoms with Crippen molar-refractivity contribution in [2.75, 3.05) is 0 Å². The highest BCUT2D eigenvalue weighted by atomic mass is 16.6. The van der Waals surface area contributed by atoms with Crippen molar-refractivity contribution in [1.29, 1.82) is 0 Å². The van der Waals surface area contributed by atoms with E-state index in [0.717, 1.165) is 0 Å². The van der Waals surface area contributed by atoms with Crippen LogP contribution in [0.4, 0.5) is 0 Å². The maximum absolute atomic E-state index is 11.7. The van der Waals surface area contributed by atoms with Crippen LogP contribution in [-0.4, -0.2) is 23.9 Å². The number of rotatable bonds is 6. The van der Waals surface area contributed by atoms with Crippen molar-refractivity contribution in [2.24, 2.45) is 0 Å². The zero-order valence-corrected chi connectivity index (χ0v) is 13.3. The van der Waals surface area contributed by atoms with E-state index in [1.807, 2.05) is 0 Å². The third kappa shape index (κ3) is 6.02. The number of hydrogen-bond donors (Lipinski definition) is 0.